The van der Waals surface area contributed by atoms with E-state index in [9.17, 15) is 30.3 Å². The molecule has 314 valence electrons. The number of carbonyl (C=O) groups is 1. The fourth-order valence-electron chi connectivity index (χ4n) is 7.21. The van der Waals surface area contributed by atoms with Crippen LogP contribution in [0.2, 0.25) is 0 Å². The van der Waals surface area contributed by atoms with Crippen molar-refractivity contribution in [2.45, 2.75) is 249 Å². The zero-order chi connectivity index (χ0) is 38.8. The summed E-state index contributed by atoms with van der Waals surface area (Å²) in [6, 6.07) is -0.716. The van der Waals surface area contributed by atoms with Crippen LogP contribution in [0.3, 0.4) is 0 Å². The molecule has 7 atom stereocenters. The van der Waals surface area contributed by atoms with Gasteiger partial charge in [-0.1, -0.05) is 174 Å². The molecule has 1 amide bonds. The van der Waals surface area contributed by atoms with Crippen LogP contribution in [0, 0.1) is 0 Å². The van der Waals surface area contributed by atoms with Gasteiger partial charge in [0.2, 0.25) is 5.91 Å². The monoisotopic (exact) mass is 756 g/mol. The highest BCUT2D eigenvalue weighted by Crippen LogP contribution is 2.23. The topological polar surface area (TPSA) is 149 Å². The smallest absolute Gasteiger partial charge is 0.220 e. The number of carbonyl (C=O) groups excluding carboxylic acids is 1. The van der Waals surface area contributed by atoms with Gasteiger partial charge in [-0.25, -0.2) is 0 Å². The molecule has 1 heterocycles. The number of amides is 1. The van der Waals surface area contributed by atoms with Crippen LogP contribution in [0.25, 0.3) is 0 Å². The van der Waals surface area contributed by atoms with E-state index in [4.69, 9.17) is 9.47 Å². The van der Waals surface area contributed by atoms with Gasteiger partial charge in [0.25, 0.3) is 0 Å². The predicted molar refractivity (Wildman–Crippen MR) is 217 cm³/mol. The number of rotatable bonds is 37. The summed E-state index contributed by atoms with van der Waals surface area (Å²) in [5.41, 5.74) is 0. The molecule has 5 unspecified atom stereocenters. The molecule has 0 saturated carbocycles. The van der Waals surface area contributed by atoms with Gasteiger partial charge in [-0.05, 0) is 38.5 Å². The van der Waals surface area contributed by atoms with E-state index in [2.05, 4.69) is 31.3 Å². The second kappa shape index (κ2) is 35.4. The summed E-state index contributed by atoms with van der Waals surface area (Å²) in [6.45, 7) is 3.82. The summed E-state index contributed by atoms with van der Waals surface area (Å²) in [6.07, 6.45) is 32.1. The third kappa shape index (κ3) is 26.4. The Kier molecular flexibility index (Phi) is 33.3. The Bertz CT molecular complexity index is 842. The Morgan fingerprint density at radius 3 is 1.53 bits per heavy atom. The SMILES string of the molecule is CCCCCCCC/C=C\CCCCCCCCCC(=O)N[C@@H](COC1OC(CO)C(O)C(O)C1O)[C@H](O)CCCCCCCCCCCCCCC. The number of ether oxygens (including phenoxy) is 2. The van der Waals surface area contributed by atoms with Crippen molar-refractivity contribution in [3.63, 3.8) is 0 Å². The Hall–Kier alpha value is -1.07. The van der Waals surface area contributed by atoms with E-state index in [1.54, 1.807) is 0 Å². The van der Waals surface area contributed by atoms with Crippen LogP contribution in [0.4, 0.5) is 0 Å². The number of nitrogens with one attached hydrogen (secondary N) is 1. The van der Waals surface area contributed by atoms with Crippen LogP contribution < -0.4 is 5.32 Å². The molecule has 53 heavy (non-hydrogen) atoms. The Labute approximate surface area is 325 Å². The minimum absolute atomic E-state index is 0.137. The molecular formula is C44H85NO8. The molecular weight excluding hydrogens is 670 g/mol. The lowest BCUT2D eigenvalue weighted by molar-refractivity contribution is -0.302. The average Bonchev–Trinajstić information content (AvgIpc) is 3.16. The molecule has 6 N–H and O–H groups in total. The summed E-state index contributed by atoms with van der Waals surface area (Å²) in [5, 5.41) is 54.3. The minimum atomic E-state index is -1.55. The van der Waals surface area contributed by atoms with E-state index in [0.717, 1.165) is 38.5 Å². The van der Waals surface area contributed by atoms with Crippen molar-refractivity contribution in [2.24, 2.45) is 0 Å². The van der Waals surface area contributed by atoms with Crippen molar-refractivity contribution in [1.29, 1.82) is 0 Å². The Balaban J connectivity index is 2.34. The van der Waals surface area contributed by atoms with Crippen LogP contribution in [-0.2, 0) is 14.3 Å². The fourth-order valence-corrected chi connectivity index (χ4v) is 7.21. The van der Waals surface area contributed by atoms with Gasteiger partial charge in [-0.2, -0.15) is 0 Å². The lowest BCUT2D eigenvalue weighted by atomic mass is 9.99. The van der Waals surface area contributed by atoms with Crippen molar-refractivity contribution in [3.8, 4) is 0 Å². The van der Waals surface area contributed by atoms with E-state index in [1.807, 2.05) is 0 Å². The maximum atomic E-state index is 12.9. The lowest BCUT2D eigenvalue weighted by Gasteiger charge is -2.40. The molecule has 1 fully saturated rings. The van der Waals surface area contributed by atoms with Crippen LogP contribution >= 0.6 is 0 Å². The molecule has 1 aliphatic heterocycles. The van der Waals surface area contributed by atoms with Gasteiger partial charge in [0, 0.05) is 6.42 Å². The van der Waals surface area contributed by atoms with E-state index in [1.165, 1.54) is 141 Å². The molecule has 0 aromatic heterocycles. The van der Waals surface area contributed by atoms with Crippen LogP contribution in [0.1, 0.15) is 206 Å². The van der Waals surface area contributed by atoms with Gasteiger partial charge in [-0.15, -0.1) is 0 Å². The summed E-state index contributed by atoms with van der Waals surface area (Å²) in [5.74, 6) is -0.149. The third-order valence-electron chi connectivity index (χ3n) is 10.9. The maximum absolute atomic E-state index is 12.9. The van der Waals surface area contributed by atoms with Crippen molar-refractivity contribution in [3.05, 3.63) is 12.2 Å². The first-order chi connectivity index (χ1) is 25.8. The Morgan fingerprint density at radius 1 is 0.623 bits per heavy atom. The molecule has 0 aromatic rings. The second-order valence-corrected chi connectivity index (χ2v) is 15.8. The molecule has 9 heteroatoms. The average molecular weight is 756 g/mol. The lowest BCUT2D eigenvalue weighted by Crippen LogP contribution is -2.60. The van der Waals surface area contributed by atoms with E-state index in [-0.39, 0.29) is 12.5 Å². The highest BCUT2D eigenvalue weighted by Gasteiger charge is 2.44. The highest BCUT2D eigenvalue weighted by atomic mass is 16.7. The highest BCUT2D eigenvalue weighted by molar-refractivity contribution is 5.76. The molecule has 1 saturated heterocycles. The Morgan fingerprint density at radius 2 is 1.06 bits per heavy atom. The quantitative estimate of drug-likeness (QED) is 0.0272. The first-order valence-corrected chi connectivity index (χ1v) is 22.4. The minimum Gasteiger partial charge on any atom is -0.394 e. The fraction of sp³-hybridized carbons (Fsp3) is 0.932. The number of allylic oxidation sites excluding steroid dienone is 2. The second-order valence-electron chi connectivity index (χ2n) is 15.8. The predicted octanol–water partition coefficient (Wildman–Crippen LogP) is 8.95. The van der Waals surface area contributed by atoms with E-state index in [0.29, 0.717) is 12.8 Å². The third-order valence-corrected chi connectivity index (χ3v) is 10.9. The summed E-state index contributed by atoms with van der Waals surface area (Å²) >= 11 is 0. The summed E-state index contributed by atoms with van der Waals surface area (Å²) in [7, 11) is 0. The zero-order valence-corrected chi connectivity index (χ0v) is 34.3. The molecule has 0 radical (unpaired) electrons. The van der Waals surface area contributed by atoms with Crippen LogP contribution in [-0.4, -0.2) is 87.5 Å². The van der Waals surface area contributed by atoms with Crippen LogP contribution in [0.15, 0.2) is 12.2 Å². The molecule has 0 aromatic carbocycles. The zero-order valence-electron chi connectivity index (χ0n) is 34.3. The van der Waals surface area contributed by atoms with Crippen LogP contribution in [0.5, 0.6) is 0 Å². The van der Waals surface area contributed by atoms with Gasteiger partial charge in [0.05, 0.1) is 25.4 Å². The molecule has 0 spiro atoms. The van der Waals surface area contributed by atoms with Gasteiger partial charge in [-0.3, -0.25) is 4.79 Å². The molecule has 1 rings (SSSR count). The number of aliphatic hydroxyl groups excluding tert-OH is 5. The van der Waals surface area contributed by atoms with Crippen molar-refractivity contribution in [2.75, 3.05) is 13.2 Å². The van der Waals surface area contributed by atoms with Crippen molar-refractivity contribution >= 4 is 5.91 Å². The molecule has 9 nitrogen and oxygen atoms in total. The number of hydrogen-bond acceptors (Lipinski definition) is 8. The molecule has 0 bridgehead atoms. The first-order valence-electron chi connectivity index (χ1n) is 22.4. The van der Waals surface area contributed by atoms with Crippen molar-refractivity contribution < 1.29 is 39.8 Å². The molecule has 0 aliphatic carbocycles. The van der Waals surface area contributed by atoms with Gasteiger partial charge >= 0.3 is 0 Å². The largest absolute Gasteiger partial charge is 0.394 e. The first kappa shape index (κ1) is 49.9. The van der Waals surface area contributed by atoms with E-state index >= 15 is 0 Å². The number of unbranched alkanes of at least 4 members (excludes halogenated alkanes) is 25. The van der Waals surface area contributed by atoms with Gasteiger partial charge < -0.3 is 40.3 Å². The standard InChI is InChI=1S/C44H85NO8/c1-3-5-7-9-11-13-15-17-18-19-20-22-24-26-28-30-32-34-40(48)45-37(36-52-44-43(51)42(50)41(49)39(35-46)53-44)38(47)33-31-29-27-25-23-21-16-14-12-10-8-6-4-2/h17-18,37-39,41-44,46-47,49-51H,3-16,19-36H2,1-2H3,(H,45,48)/b18-17-/t37-,38+,39?,41?,42?,43?,44?/m0/s1. The number of hydrogen-bond donors (Lipinski definition) is 6. The van der Waals surface area contributed by atoms with Crippen molar-refractivity contribution in [1.82, 2.24) is 5.32 Å². The molecule has 1 aliphatic rings. The van der Waals surface area contributed by atoms with E-state index < -0.39 is 49.5 Å². The maximum Gasteiger partial charge on any atom is 0.220 e. The van der Waals surface area contributed by atoms with Gasteiger partial charge in [0.15, 0.2) is 6.29 Å². The van der Waals surface area contributed by atoms with Gasteiger partial charge in [0.1, 0.15) is 24.4 Å². The summed E-state index contributed by atoms with van der Waals surface area (Å²) in [4.78, 5) is 12.9. The summed E-state index contributed by atoms with van der Waals surface area (Å²) < 4.78 is 11.2. The normalized spacial score (nSPS) is 21.7. The number of aliphatic hydroxyl groups is 5.